The fourth-order valence-corrected chi connectivity index (χ4v) is 5.11. The maximum absolute atomic E-state index is 11.0. The quantitative estimate of drug-likeness (QED) is 0.634. The molecule has 170 valence electrons. The van der Waals surface area contributed by atoms with E-state index in [1.54, 1.807) is 6.33 Å². The first-order chi connectivity index (χ1) is 16.2. The summed E-state index contributed by atoms with van der Waals surface area (Å²) in [6.07, 6.45) is 3.06. The molecule has 0 unspecified atom stereocenters. The zero-order valence-corrected chi connectivity index (χ0v) is 18.4. The summed E-state index contributed by atoms with van der Waals surface area (Å²) in [5.74, 6) is 2.89. The van der Waals surface area contributed by atoms with Gasteiger partial charge in [0.15, 0.2) is 11.5 Å². The molecule has 0 amide bonds. The lowest BCUT2D eigenvalue weighted by molar-refractivity contribution is 0.0293. The van der Waals surface area contributed by atoms with E-state index in [9.17, 15) is 5.11 Å². The SMILES string of the molecule is O[C@H]1CN(c2cc(Nc3cccc4c3OCO4)ncn2)CC[C@@H]1N1CCc2ccccc2C1. The monoisotopic (exact) mass is 445 g/mol. The molecule has 1 fully saturated rings. The van der Waals surface area contributed by atoms with E-state index in [0.717, 1.165) is 49.7 Å². The molecule has 8 heteroatoms. The van der Waals surface area contributed by atoms with Gasteiger partial charge in [-0.25, -0.2) is 9.97 Å². The van der Waals surface area contributed by atoms with Gasteiger partial charge in [-0.3, -0.25) is 4.90 Å². The second-order valence-corrected chi connectivity index (χ2v) is 8.78. The number of fused-ring (bicyclic) bond motifs is 2. The van der Waals surface area contributed by atoms with Crippen molar-refractivity contribution in [1.29, 1.82) is 0 Å². The first kappa shape index (κ1) is 20.3. The van der Waals surface area contributed by atoms with Crippen molar-refractivity contribution in [3.05, 3.63) is 66.0 Å². The van der Waals surface area contributed by atoms with Gasteiger partial charge in [-0.1, -0.05) is 30.3 Å². The van der Waals surface area contributed by atoms with Gasteiger partial charge in [-0.2, -0.15) is 0 Å². The molecule has 0 spiro atoms. The normalized spacial score (nSPS) is 22.2. The van der Waals surface area contributed by atoms with Crippen molar-refractivity contribution in [2.24, 2.45) is 0 Å². The summed E-state index contributed by atoms with van der Waals surface area (Å²) in [7, 11) is 0. The molecular weight excluding hydrogens is 418 g/mol. The predicted octanol–water partition coefficient (Wildman–Crippen LogP) is 2.95. The molecule has 8 nitrogen and oxygen atoms in total. The van der Waals surface area contributed by atoms with Crippen molar-refractivity contribution < 1.29 is 14.6 Å². The fraction of sp³-hybridized carbons (Fsp3) is 0.360. The average Bonchev–Trinajstić information content (AvgIpc) is 3.34. The smallest absolute Gasteiger partial charge is 0.231 e. The fourth-order valence-electron chi connectivity index (χ4n) is 5.11. The lowest BCUT2D eigenvalue weighted by Crippen LogP contribution is -2.55. The Balaban J connectivity index is 1.13. The van der Waals surface area contributed by atoms with E-state index in [0.29, 0.717) is 18.1 Å². The van der Waals surface area contributed by atoms with Crippen molar-refractivity contribution in [2.75, 3.05) is 36.6 Å². The number of benzene rings is 2. The van der Waals surface area contributed by atoms with E-state index in [-0.39, 0.29) is 12.8 Å². The molecule has 0 radical (unpaired) electrons. The van der Waals surface area contributed by atoms with Crippen LogP contribution in [-0.4, -0.2) is 58.5 Å². The highest BCUT2D eigenvalue weighted by atomic mass is 16.7. The molecule has 2 N–H and O–H groups in total. The van der Waals surface area contributed by atoms with Crippen molar-refractivity contribution in [1.82, 2.24) is 14.9 Å². The Hall–Kier alpha value is -3.36. The molecular formula is C25H27N5O3. The van der Waals surface area contributed by atoms with Gasteiger partial charge in [-0.15, -0.1) is 0 Å². The van der Waals surface area contributed by atoms with Gasteiger partial charge in [0.2, 0.25) is 6.79 Å². The van der Waals surface area contributed by atoms with Gasteiger partial charge in [0, 0.05) is 38.3 Å². The number of nitrogens with zero attached hydrogens (tertiary/aromatic N) is 4. The first-order valence-corrected chi connectivity index (χ1v) is 11.5. The van der Waals surface area contributed by atoms with Gasteiger partial charge in [0.05, 0.1) is 11.8 Å². The minimum absolute atomic E-state index is 0.165. The Bertz CT molecular complexity index is 1160. The number of piperidine rings is 1. The van der Waals surface area contributed by atoms with Crippen LogP contribution in [-0.2, 0) is 13.0 Å². The number of anilines is 3. The molecule has 1 saturated heterocycles. The van der Waals surface area contributed by atoms with Gasteiger partial charge in [0.1, 0.15) is 18.0 Å². The summed E-state index contributed by atoms with van der Waals surface area (Å²) >= 11 is 0. The van der Waals surface area contributed by atoms with E-state index in [2.05, 4.69) is 49.4 Å². The standard InChI is InChI=1S/C25H27N5O3/c31-21-14-30(11-9-20(21)29-10-8-17-4-1-2-5-18(17)13-29)24-12-23(26-15-27-24)28-19-6-3-7-22-25(19)33-16-32-22/h1-7,12,15,20-21,31H,8-11,13-14,16H2,(H,26,27,28)/t20-,21-/m0/s1. The highest BCUT2D eigenvalue weighted by Gasteiger charge is 2.34. The van der Waals surface area contributed by atoms with Crippen LogP contribution >= 0.6 is 0 Å². The number of aliphatic hydroxyl groups excluding tert-OH is 1. The molecule has 3 aliphatic rings. The third kappa shape index (κ3) is 3.96. The second kappa shape index (κ2) is 8.53. The molecule has 3 aromatic rings. The molecule has 4 heterocycles. The summed E-state index contributed by atoms with van der Waals surface area (Å²) in [5, 5.41) is 14.3. The van der Waals surface area contributed by atoms with E-state index >= 15 is 0 Å². The minimum Gasteiger partial charge on any atom is -0.454 e. The van der Waals surface area contributed by atoms with Crippen LogP contribution < -0.4 is 19.7 Å². The third-order valence-corrected chi connectivity index (χ3v) is 6.81. The molecule has 2 atom stereocenters. The van der Waals surface area contributed by atoms with Gasteiger partial charge < -0.3 is 24.8 Å². The molecule has 1 aromatic heterocycles. The highest BCUT2D eigenvalue weighted by molar-refractivity contribution is 5.70. The summed E-state index contributed by atoms with van der Waals surface area (Å²) in [6, 6.07) is 16.4. The molecule has 3 aliphatic heterocycles. The van der Waals surface area contributed by atoms with Gasteiger partial charge in [-0.05, 0) is 36.1 Å². The minimum atomic E-state index is -0.432. The largest absolute Gasteiger partial charge is 0.454 e. The Kier molecular flexibility index (Phi) is 5.24. The maximum atomic E-state index is 11.0. The number of hydrogen-bond acceptors (Lipinski definition) is 8. The molecule has 6 rings (SSSR count). The number of rotatable bonds is 4. The summed E-state index contributed by atoms with van der Waals surface area (Å²) in [6.45, 7) is 3.52. The van der Waals surface area contributed by atoms with E-state index < -0.39 is 6.10 Å². The van der Waals surface area contributed by atoms with Crippen molar-refractivity contribution in [3.63, 3.8) is 0 Å². The van der Waals surface area contributed by atoms with Gasteiger partial charge in [0.25, 0.3) is 0 Å². The van der Waals surface area contributed by atoms with E-state index in [1.165, 1.54) is 11.1 Å². The average molecular weight is 446 g/mol. The zero-order chi connectivity index (χ0) is 22.2. The van der Waals surface area contributed by atoms with Crippen LogP contribution in [0, 0.1) is 0 Å². The summed E-state index contributed by atoms with van der Waals surface area (Å²) in [5.41, 5.74) is 3.62. The molecule has 0 saturated carbocycles. The second-order valence-electron chi connectivity index (χ2n) is 8.78. The lowest BCUT2D eigenvalue weighted by Gasteiger charge is -2.43. The van der Waals surface area contributed by atoms with Crippen LogP contribution in [0.25, 0.3) is 0 Å². The first-order valence-electron chi connectivity index (χ1n) is 11.5. The van der Waals surface area contributed by atoms with Crippen molar-refractivity contribution in [2.45, 2.75) is 31.5 Å². The van der Waals surface area contributed by atoms with Crippen molar-refractivity contribution in [3.8, 4) is 11.5 Å². The summed E-state index contributed by atoms with van der Waals surface area (Å²) < 4.78 is 11.0. The zero-order valence-electron chi connectivity index (χ0n) is 18.4. The van der Waals surface area contributed by atoms with Crippen molar-refractivity contribution >= 4 is 17.3 Å². The Morgan fingerprint density at radius 1 is 1.00 bits per heavy atom. The predicted molar refractivity (Wildman–Crippen MR) is 125 cm³/mol. The number of aliphatic hydroxyl groups is 1. The number of aromatic nitrogens is 2. The highest BCUT2D eigenvalue weighted by Crippen LogP contribution is 2.40. The maximum Gasteiger partial charge on any atom is 0.231 e. The topological polar surface area (TPSA) is 83.0 Å². The van der Waals surface area contributed by atoms with Crippen LogP contribution in [0.5, 0.6) is 11.5 Å². The number of β-amino-alcohol motifs (C(OH)–C–C–N with tert-alkyl or cyclic N) is 1. The Morgan fingerprint density at radius 2 is 1.91 bits per heavy atom. The summed E-state index contributed by atoms with van der Waals surface area (Å²) in [4.78, 5) is 13.4. The number of ether oxygens (including phenoxy) is 2. The molecule has 0 bridgehead atoms. The van der Waals surface area contributed by atoms with E-state index in [4.69, 9.17) is 9.47 Å². The third-order valence-electron chi connectivity index (χ3n) is 6.81. The number of hydrogen-bond donors (Lipinski definition) is 2. The molecule has 33 heavy (non-hydrogen) atoms. The van der Waals surface area contributed by atoms with Crippen LogP contribution in [0.3, 0.4) is 0 Å². The number of para-hydroxylation sites is 1. The molecule has 0 aliphatic carbocycles. The van der Waals surface area contributed by atoms with E-state index in [1.807, 2.05) is 24.3 Å². The Labute approximate surface area is 192 Å². The number of nitrogens with one attached hydrogen (secondary N) is 1. The van der Waals surface area contributed by atoms with Crippen LogP contribution in [0.4, 0.5) is 17.3 Å². The van der Waals surface area contributed by atoms with Crippen LogP contribution in [0.2, 0.25) is 0 Å². The molecule has 2 aromatic carbocycles. The van der Waals surface area contributed by atoms with Crippen LogP contribution in [0.15, 0.2) is 54.9 Å². The van der Waals surface area contributed by atoms with Crippen LogP contribution in [0.1, 0.15) is 17.5 Å². The lowest BCUT2D eigenvalue weighted by atomic mass is 9.94. The Morgan fingerprint density at radius 3 is 2.82 bits per heavy atom. The van der Waals surface area contributed by atoms with Gasteiger partial charge >= 0.3 is 0 Å².